The van der Waals surface area contributed by atoms with Crippen LogP contribution in [0, 0.1) is 6.92 Å². The van der Waals surface area contributed by atoms with Crippen LogP contribution in [0.5, 0.6) is 0 Å². The largest absolute Gasteiger partial charge is 0.441 e. The lowest BCUT2D eigenvalue weighted by atomic mass is 10.1. The number of nitrogens with one attached hydrogen (secondary N) is 1. The van der Waals surface area contributed by atoms with E-state index in [0.29, 0.717) is 5.89 Å². The zero-order valence-corrected chi connectivity index (χ0v) is 8.65. The Kier molecular flexibility index (Phi) is 2.51. The summed E-state index contributed by atoms with van der Waals surface area (Å²) in [6.45, 7) is 1.80. The van der Waals surface area contributed by atoms with E-state index in [9.17, 15) is 4.79 Å². The molecule has 4 nitrogen and oxygen atoms in total. The number of likely N-dealkylation sites (N-methyl/N-ethyl adjacent to an activating group) is 1. The monoisotopic (exact) mass is 204 g/mol. The van der Waals surface area contributed by atoms with E-state index >= 15 is 0 Å². The van der Waals surface area contributed by atoms with Gasteiger partial charge in [0.05, 0.1) is 6.04 Å². The van der Waals surface area contributed by atoms with Crippen molar-refractivity contribution in [3.63, 3.8) is 0 Å². The van der Waals surface area contributed by atoms with Crippen LogP contribution in [0.3, 0.4) is 0 Å². The lowest BCUT2D eigenvalue weighted by Crippen LogP contribution is -2.17. The summed E-state index contributed by atoms with van der Waals surface area (Å²) in [5, 5.41) is 2.91. The molecular weight excluding hydrogens is 192 g/mol. The lowest BCUT2D eigenvalue weighted by Gasteiger charge is -2.07. The fraction of sp³-hybridized carbons (Fsp3) is 0.273. The maximum atomic E-state index is 10.8. The van der Waals surface area contributed by atoms with E-state index in [1.165, 1.54) is 0 Å². The summed E-state index contributed by atoms with van der Waals surface area (Å²) in [7, 11) is 1.75. The topological polar surface area (TPSA) is 55.1 Å². The van der Waals surface area contributed by atoms with Gasteiger partial charge in [0.1, 0.15) is 11.8 Å². The van der Waals surface area contributed by atoms with Crippen molar-refractivity contribution < 1.29 is 9.21 Å². The van der Waals surface area contributed by atoms with Crippen molar-refractivity contribution in [1.29, 1.82) is 0 Å². The van der Waals surface area contributed by atoms with Crippen molar-refractivity contribution >= 4 is 17.4 Å². The zero-order chi connectivity index (χ0) is 10.8. The number of benzene rings is 1. The maximum Gasteiger partial charge on any atom is 0.192 e. The van der Waals surface area contributed by atoms with Gasteiger partial charge in [-0.15, -0.1) is 0 Å². The standard InChI is InChI=1S/C11H12N2O2/c1-7-13-9-5-8(10(6-14)12-2)3-4-11(9)15-7/h3-6,10,12H,1-2H3. The van der Waals surface area contributed by atoms with Gasteiger partial charge in [-0.3, -0.25) is 0 Å². The van der Waals surface area contributed by atoms with Gasteiger partial charge in [-0.25, -0.2) is 4.98 Å². The van der Waals surface area contributed by atoms with Crippen LogP contribution >= 0.6 is 0 Å². The second-order valence-electron chi connectivity index (χ2n) is 3.36. The first-order valence-electron chi connectivity index (χ1n) is 4.74. The number of nitrogens with zero attached hydrogens (tertiary/aromatic N) is 1. The van der Waals surface area contributed by atoms with Gasteiger partial charge in [-0.05, 0) is 24.7 Å². The number of carbonyl (C=O) groups is 1. The first-order chi connectivity index (χ1) is 7.24. The molecule has 1 atom stereocenters. The van der Waals surface area contributed by atoms with Crippen LogP contribution in [0.25, 0.3) is 11.1 Å². The number of carbonyl (C=O) groups excluding carboxylic acids is 1. The molecule has 0 saturated carbocycles. The molecule has 2 rings (SSSR count). The second kappa shape index (κ2) is 3.82. The molecule has 1 aromatic heterocycles. The Labute approximate surface area is 87.3 Å². The molecule has 0 bridgehead atoms. The summed E-state index contributed by atoms with van der Waals surface area (Å²) >= 11 is 0. The third-order valence-corrected chi connectivity index (χ3v) is 2.32. The highest BCUT2D eigenvalue weighted by Gasteiger charge is 2.09. The van der Waals surface area contributed by atoms with Crippen LogP contribution in [0.2, 0.25) is 0 Å². The van der Waals surface area contributed by atoms with E-state index in [1.807, 2.05) is 18.2 Å². The van der Waals surface area contributed by atoms with Crippen LogP contribution in [0.15, 0.2) is 22.6 Å². The molecule has 1 aromatic carbocycles. The quantitative estimate of drug-likeness (QED) is 0.771. The van der Waals surface area contributed by atoms with Crippen molar-refractivity contribution in [2.75, 3.05) is 7.05 Å². The predicted octanol–water partition coefficient (Wildman–Crippen LogP) is 1.60. The van der Waals surface area contributed by atoms with Gasteiger partial charge in [0.2, 0.25) is 0 Å². The van der Waals surface area contributed by atoms with Gasteiger partial charge in [0.15, 0.2) is 11.5 Å². The summed E-state index contributed by atoms with van der Waals surface area (Å²) in [5.41, 5.74) is 2.43. The van der Waals surface area contributed by atoms with Crippen molar-refractivity contribution in [2.45, 2.75) is 13.0 Å². The van der Waals surface area contributed by atoms with Crippen LogP contribution in [0.1, 0.15) is 17.5 Å². The normalized spacial score (nSPS) is 12.9. The van der Waals surface area contributed by atoms with Gasteiger partial charge < -0.3 is 14.5 Å². The summed E-state index contributed by atoms with van der Waals surface area (Å²) in [6.07, 6.45) is 0.869. The average Bonchev–Trinajstić information content (AvgIpc) is 2.59. The smallest absolute Gasteiger partial charge is 0.192 e. The van der Waals surface area contributed by atoms with Gasteiger partial charge >= 0.3 is 0 Å². The molecule has 0 spiro atoms. The fourth-order valence-electron chi connectivity index (χ4n) is 1.57. The lowest BCUT2D eigenvalue weighted by molar-refractivity contribution is -0.109. The van der Waals surface area contributed by atoms with Crippen LogP contribution in [-0.4, -0.2) is 18.3 Å². The Balaban J connectivity index is 2.49. The number of hydrogen-bond acceptors (Lipinski definition) is 4. The Morgan fingerprint density at radius 2 is 2.33 bits per heavy atom. The molecule has 78 valence electrons. The van der Waals surface area contributed by atoms with Gasteiger partial charge in [0.25, 0.3) is 0 Å². The van der Waals surface area contributed by atoms with E-state index in [4.69, 9.17) is 4.42 Å². The van der Waals surface area contributed by atoms with Crippen molar-refractivity contribution in [3.05, 3.63) is 29.7 Å². The van der Waals surface area contributed by atoms with Crippen LogP contribution in [-0.2, 0) is 4.79 Å². The number of hydrogen-bond donors (Lipinski definition) is 1. The zero-order valence-electron chi connectivity index (χ0n) is 8.65. The molecule has 0 fully saturated rings. The fourth-order valence-corrected chi connectivity index (χ4v) is 1.57. The van der Waals surface area contributed by atoms with E-state index in [1.54, 1.807) is 14.0 Å². The average molecular weight is 204 g/mol. The predicted molar refractivity (Wildman–Crippen MR) is 56.6 cm³/mol. The molecular formula is C11H12N2O2. The second-order valence-corrected chi connectivity index (χ2v) is 3.36. The third-order valence-electron chi connectivity index (χ3n) is 2.32. The molecule has 0 aliphatic carbocycles. The van der Waals surface area contributed by atoms with E-state index in [2.05, 4.69) is 10.3 Å². The number of aryl methyl sites for hydroxylation is 1. The minimum atomic E-state index is -0.286. The summed E-state index contributed by atoms with van der Waals surface area (Å²) in [4.78, 5) is 15.0. The van der Waals surface area contributed by atoms with Crippen molar-refractivity contribution in [1.82, 2.24) is 10.3 Å². The highest BCUT2D eigenvalue weighted by atomic mass is 16.3. The van der Waals surface area contributed by atoms with Crippen LogP contribution < -0.4 is 5.32 Å². The summed E-state index contributed by atoms with van der Waals surface area (Å²) < 4.78 is 5.35. The van der Waals surface area contributed by atoms with Gasteiger partial charge in [-0.2, -0.15) is 0 Å². The van der Waals surface area contributed by atoms with Gasteiger partial charge in [0, 0.05) is 6.92 Å². The molecule has 1 unspecified atom stereocenters. The summed E-state index contributed by atoms with van der Waals surface area (Å²) in [5.74, 6) is 0.634. The molecule has 0 amide bonds. The molecule has 2 aromatic rings. The Hall–Kier alpha value is -1.68. The van der Waals surface area contributed by atoms with Crippen LogP contribution in [0.4, 0.5) is 0 Å². The maximum absolute atomic E-state index is 10.8. The van der Waals surface area contributed by atoms with E-state index in [0.717, 1.165) is 22.9 Å². The number of oxazole rings is 1. The molecule has 0 aliphatic heterocycles. The Morgan fingerprint density at radius 3 is 3.00 bits per heavy atom. The first-order valence-corrected chi connectivity index (χ1v) is 4.74. The molecule has 1 heterocycles. The SMILES string of the molecule is CNC(C=O)c1ccc2oc(C)nc2c1. The van der Waals surface area contributed by atoms with Gasteiger partial charge in [-0.1, -0.05) is 6.07 Å². The molecule has 0 radical (unpaired) electrons. The summed E-state index contributed by atoms with van der Waals surface area (Å²) in [6, 6.07) is 5.27. The van der Waals surface area contributed by atoms with E-state index < -0.39 is 0 Å². The highest BCUT2D eigenvalue weighted by Crippen LogP contribution is 2.19. The third kappa shape index (κ3) is 1.76. The molecule has 1 N–H and O–H groups in total. The minimum absolute atomic E-state index is 0.286. The first kappa shape index (κ1) is 9.86. The van der Waals surface area contributed by atoms with Crippen molar-refractivity contribution in [2.24, 2.45) is 0 Å². The highest BCUT2D eigenvalue weighted by molar-refractivity contribution is 5.75. The minimum Gasteiger partial charge on any atom is -0.441 e. The van der Waals surface area contributed by atoms with E-state index in [-0.39, 0.29) is 6.04 Å². The molecule has 0 aliphatic rings. The number of aldehydes is 1. The van der Waals surface area contributed by atoms with Crippen molar-refractivity contribution in [3.8, 4) is 0 Å². The molecule has 0 saturated heterocycles. The number of fused-ring (bicyclic) bond motifs is 1. The molecule has 15 heavy (non-hydrogen) atoms. The number of rotatable bonds is 3. The Bertz CT molecular complexity index is 490. The molecule has 4 heteroatoms. The number of aromatic nitrogens is 1. The Morgan fingerprint density at radius 1 is 1.53 bits per heavy atom.